The van der Waals surface area contributed by atoms with Crippen LogP contribution in [0.1, 0.15) is 22.3 Å². The maximum atomic E-state index is 14.2. The molecular formula is C29H27FN4O3. The molecule has 8 heteroatoms. The summed E-state index contributed by atoms with van der Waals surface area (Å²) in [6, 6.07) is 15.7. The van der Waals surface area contributed by atoms with Crippen molar-refractivity contribution < 1.29 is 13.9 Å². The van der Waals surface area contributed by atoms with Crippen molar-refractivity contribution in [2.45, 2.75) is 33.9 Å². The first-order valence-corrected chi connectivity index (χ1v) is 11.9. The molecule has 0 aliphatic carbocycles. The van der Waals surface area contributed by atoms with Gasteiger partial charge in [-0.3, -0.25) is 14.2 Å². The molecule has 1 N–H and O–H groups in total. The van der Waals surface area contributed by atoms with Crippen LogP contribution in [0, 0.1) is 26.6 Å². The molecule has 7 nitrogen and oxygen atoms in total. The molecule has 5 aromatic rings. The smallest absolute Gasteiger partial charge is 0.278 e. The van der Waals surface area contributed by atoms with Crippen LogP contribution in [0.5, 0.6) is 5.75 Å². The molecule has 0 saturated heterocycles. The minimum absolute atomic E-state index is 0.123. The van der Waals surface area contributed by atoms with Gasteiger partial charge >= 0.3 is 0 Å². The third kappa shape index (κ3) is 4.58. The molecule has 37 heavy (non-hydrogen) atoms. The number of carbonyl (C=O) groups excluding carboxylic acids is 1. The summed E-state index contributed by atoms with van der Waals surface area (Å²) in [6.07, 6.45) is 1.46. The van der Waals surface area contributed by atoms with E-state index < -0.39 is 5.82 Å². The topological polar surface area (TPSA) is 78.2 Å². The van der Waals surface area contributed by atoms with Gasteiger partial charge in [0.1, 0.15) is 29.1 Å². The molecule has 0 aliphatic heterocycles. The molecule has 0 saturated carbocycles. The second kappa shape index (κ2) is 9.54. The summed E-state index contributed by atoms with van der Waals surface area (Å²) in [5.41, 5.74) is 5.53. The Labute approximate surface area is 213 Å². The summed E-state index contributed by atoms with van der Waals surface area (Å²) in [4.78, 5) is 31.4. The van der Waals surface area contributed by atoms with Gasteiger partial charge in [-0.15, -0.1) is 0 Å². The van der Waals surface area contributed by atoms with E-state index in [0.29, 0.717) is 16.4 Å². The first kappa shape index (κ1) is 24.2. The summed E-state index contributed by atoms with van der Waals surface area (Å²) in [7, 11) is 1.59. The fraction of sp³-hybridized carbons (Fsp3) is 0.207. The summed E-state index contributed by atoms with van der Waals surface area (Å²) >= 11 is 0. The van der Waals surface area contributed by atoms with Gasteiger partial charge in [0.2, 0.25) is 5.91 Å². The molecule has 188 valence electrons. The SMILES string of the molecule is COc1ccc(Cn2cnc3c4cc(F)ccc4n(CC(=O)Nc4c(C)cc(C)cc4C)c3c2=O)cc1. The number of aryl methyl sites for hydroxylation is 3. The fourth-order valence-electron chi connectivity index (χ4n) is 4.88. The number of carbonyl (C=O) groups is 1. The highest BCUT2D eigenvalue weighted by molar-refractivity contribution is 6.06. The maximum Gasteiger partial charge on any atom is 0.278 e. The lowest BCUT2D eigenvalue weighted by Crippen LogP contribution is -2.26. The van der Waals surface area contributed by atoms with Crippen molar-refractivity contribution >= 4 is 33.5 Å². The van der Waals surface area contributed by atoms with Gasteiger partial charge in [-0.2, -0.15) is 0 Å². The predicted octanol–water partition coefficient (Wildman–Crippen LogP) is 5.11. The molecule has 3 aromatic carbocycles. The van der Waals surface area contributed by atoms with Gasteiger partial charge in [-0.05, 0) is 67.8 Å². The molecule has 0 fully saturated rings. The summed E-state index contributed by atoms with van der Waals surface area (Å²) < 4.78 is 22.5. The van der Waals surface area contributed by atoms with E-state index in [9.17, 15) is 14.0 Å². The van der Waals surface area contributed by atoms with Crippen molar-refractivity contribution in [1.82, 2.24) is 14.1 Å². The highest BCUT2D eigenvalue weighted by Gasteiger charge is 2.20. The van der Waals surface area contributed by atoms with Crippen molar-refractivity contribution in [3.05, 3.63) is 99.3 Å². The molecule has 5 rings (SSSR count). The van der Waals surface area contributed by atoms with Gasteiger partial charge in [0, 0.05) is 11.1 Å². The lowest BCUT2D eigenvalue weighted by molar-refractivity contribution is -0.116. The normalized spacial score (nSPS) is 11.3. The van der Waals surface area contributed by atoms with Crippen molar-refractivity contribution in [2.24, 2.45) is 0 Å². The molecule has 0 radical (unpaired) electrons. The van der Waals surface area contributed by atoms with E-state index in [1.165, 1.54) is 23.0 Å². The zero-order valence-electron chi connectivity index (χ0n) is 21.1. The zero-order chi connectivity index (χ0) is 26.3. The predicted molar refractivity (Wildman–Crippen MR) is 143 cm³/mol. The summed E-state index contributed by atoms with van der Waals surface area (Å²) in [6.45, 7) is 6.06. The Hall–Kier alpha value is -4.46. The average molecular weight is 499 g/mol. The van der Waals surface area contributed by atoms with Gasteiger partial charge in [-0.25, -0.2) is 9.37 Å². The van der Waals surface area contributed by atoms with E-state index in [1.54, 1.807) is 17.7 Å². The van der Waals surface area contributed by atoms with Crippen LogP contribution < -0.4 is 15.6 Å². The number of halogens is 1. The van der Waals surface area contributed by atoms with Crippen LogP contribution in [0.25, 0.3) is 21.9 Å². The van der Waals surface area contributed by atoms with E-state index >= 15 is 0 Å². The molecule has 0 bridgehead atoms. The van der Waals surface area contributed by atoms with E-state index in [4.69, 9.17) is 4.74 Å². The van der Waals surface area contributed by atoms with E-state index in [0.717, 1.165) is 33.7 Å². The number of hydrogen-bond acceptors (Lipinski definition) is 4. The van der Waals surface area contributed by atoms with Crippen LogP contribution in [-0.2, 0) is 17.9 Å². The number of ether oxygens (including phenoxy) is 1. The Morgan fingerprint density at radius 2 is 1.73 bits per heavy atom. The van der Waals surface area contributed by atoms with E-state index in [2.05, 4.69) is 10.3 Å². The number of amides is 1. The second-order valence-corrected chi connectivity index (χ2v) is 9.29. The summed E-state index contributed by atoms with van der Waals surface area (Å²) in [5, 5.41) is 3.48. The Bertz CT molecular complexity index is 1700. The minimum Gasteiger partial charge on any atom is -0.497 e. The van der Waals surface area contributed by atoms with Crippen molar-refractivity contribution in [1.29, 1.82) is 0 Å². The van der Waals surface area contributed by atoms with E-state index in [1.807, 2.05) is 57.2 Å². The van der Waals surface area contributed by atoms with Gasteiger partial charge in [0.05, 0.1) is 25.5 Å². The summed E-state index contributed by atoms with van der Waals surface area (Å²) in [5.74, 6) is -0.00820. The fourth-order valence-corrected chi connectivity index (χ4v) is 4.88. The van der Waals surface area contributed by atoms with Gasteiger partial charge in [-0.1, -0.05) is 29.8 Å². The maximum absolute atomic E-state index is 14.2. The Morgan fingerprint density at radius 3 is 2.41 bits per heavy atom. The molecule has 0 unspecified atom stereocenters. The van der Waals surface area contributed by atoms with Crippen LogP contribution in [0.15, 0.2) is 65.7 Å². The Kier molecular flexibility index (Phi) is 6.25. The number of nitrogens with one attached hydrogen (secondary N) is 1. The number of fused-ring (bicyclic) bond motifs is 3. The molecule has 0 atom stereocenters. The van der Waals surface area contributed by atoms with Crippen molar-refractivity contribution in [3.8, 4) is 5.75 Å². The molecule has 0 aliphatic rings. The third-order valence-electron chi connectivity index (χ3n) is 6.54. The number of nitrogens with zero attached hydrogens (tertiary/aromatic N) is 3. The van der Waals surface area contributed by atoms with Crippen LogP contribution >= 0.6 is 0 Å². The van der Waals surface area contributed by atoms with Crippen molar-refractivity contribution in [3.63, 3.8) is 0 Å². The minimum atomic E-state index is -0.439. The number of rotatable bonds is 6. The van der Waals surface area contributed by atoms with Crippen LogP contribution in [0.3, 0.4) is 0 Å². The third-order valence-corrected chi connectivity index (χ3v) is 6.54. The molecule has 1 amide bonds. The van der Waals surface area contributed by atoms with E-state index in [-0.39, 0.29) is 30.1 Å². The first-order valence-electron chi connectivity index (χ1n) is 11.9. The monoisotopic (exact) mass is 498 g/mol. The number of anilines is 1. The van der Waals surface area contributed by atoms with Crippen LogP contribution in [-0.4, -0.2) is 27.1 Å². The Balaban J connectivity index is 1.58. The van der Waals surface area contributed by atoms with Crippen LogP contribution in [0.2, 0.25) is 0 Å². The van der Waals surface area contributed by atoms with Gasteiger partial charge in [0.15, 0.2) is 0 Å². The Morgan fingerprint density at radius 1 is 1.03 bits per heavy atom. The number of hydrogen-bond donors (Lipinski definition) is 1. The molecule has 2 aromatic heterocycles. The second-order valence-electron chi connectivity index (χ2n) is 9.29. The molecule has 0 spiro atoms. The molecule has 2 heterocycles. The number of aromatic nitrogens is 3. The quantitative estimate of drug-likeness (QED) is 0.353. The average Bonchev–Trinajstić information content (AvgIpc) is 3.16. The van der Waals surface area contributed by atoms with Gasteiger partial charge < -0.3 is 14.6 Å². The highest BCUT2D eigenvalue weighted by atomic mass is 19.1. The van der Waals surface area contributed by atoms with Gasteiger partial charge in [0.25, 0.3) is 5.56 Å². The van der Waals surface area contributed by atoms with Crippen molar-refractivity contribution in [2.75, 3.05) is 12.4 Å². The number of benzene rings is 3. The largest absolute Gasteiger partial charge is 0.497 e. The number of methoxy groups -OCH3 is 1. The van der Waals surface area contributed by atoms with Crippen LogP contribution in [0.4, 0.5) is 10.1 Å². The lowest BCUT2D eigenvalue weighted by Gasteiger charge is -2.14. The molecular weight excluding hydrogens is 471 g/mol. The first-order chi connectivity index (χ1) is 17.7. The lowest BCUT2D eigenvalue weighted by atomic mass is 10.1. The standard InChI is InChI=1S/C29H27FN4O3/c1-17-11-18(2)26(19(3)12-17)32-25(35)15-34-24-10-7-21(30)13-23(24)27-28(34)29(36)33(16-31-27)14-20-5-8-22(37-4)9-6-20/h5-13,16H,14-15H2,1-4H3,(H,32,35). The highest BCUT2D eigenvalue weighted by Crippen LogP contribution is 2.27. The zero-order valence-corrected chi connectivity index (χ0v) is 21.1.